The fourth-order valence-electron chi connectivity index (χ4n) is 1.18. The van der Waals surface area contributed by atoms with E-state index in [1.807, 2.05) is 25.2 Å². The van der Waals surface area contributed by atoms with Crippen molar-refractivity contribution in [2.45, 2.75) is 13.5 Å². The van der Waals surface area contributed by atoms with Crippen LogP contribution in [0.3, 0.4) is 0 Å². The SMILES string of the molecule is C=C/C(=C\C=C/C)Cn1cnc(C(=O)NC)n1. The van der Waals surface area contributed by atoms with Gasteiger partial charge in [0.2, 0.25) is 5.82 Å². The Labute approximate surface area is 101 Å². The fourth-order valence-corrected chi connectivity index (χ4v) is 1.18. The van der Waals surface area contributed by atoms with Crippen LogP contribution < -0.4 is 5.32 Å². The van der Waals surface area contributed by atoms with Crippen LogP contribution in [0.4, 0.5) is 0 Å². The Balaban J connectivity index is 2.77. The predicted molar refractivity (Wildman–Crippen MR) is 66.5 cm³/mol. The zero-order valence-corrected chi connectivity index (χ0v) is 10.1. The smallest absolute Gasteiger partial charge is 0.290 e. The first-order valence-electron chi connectivity index (χ1n) is 5.27. The average Bonchev–Trinajstić information content (AvgIpc) is 2.81. The van der Waals surface area contributed by atoms with Crippen LogP contribution in [0.15, 0.2) is 42.8 Å². The number of rotatable bonds is 5. The van der Waals surface area contributed by atoms with Gasteiger partial charge in [0.25, 0.3) is 5.91 Å². The second kappa shape index (κ2) is 6.42. The average molecular weight is 232 g/mol. The number of aromatic nitrogens is 3. The minimum atomic E-state index is -0.290. The van der Waals surface area contributed by atoms with E-state index >= 15 is 0 Å². The summed E-state index contributed by atoms with van der Waals surface area (Å²) in [7, 11) is 1.55. The molecule has 1 aromatic heterocycles. The molecule has 5 heteroatoms. The van der Waals surface area contributed by atoms with Crippen molar-refractivity contribution in [1.29, 1.82) is 0 Å². The molecule has 0 unspecified atom stereocenters. The molecule has 0 atom stereocenters. The highest BCUT2D eigenvalue weighted by Gasteiger charge is 2.08. The van der Waals surface area contributed by atoms with E-state index in [1.165, 1.54) is 6.33 Å². The van der Waals surface area contributed by atoms with Crippen LogP contribution in [0.25, 0.3) is 0 Å². The van der Waals surface area contributed by atoms with Gasteiger partial charge in [0.15, 0.2) is 0 Å². The summed E-state index contributed by atoms with van der Waals surface area (Å²) in [5, 5.41) is 6.53. The highest BCUT2D eigenvalue weighted by Crippen LogP contribution is 2.01. The van der Waals surface area contributed by atoms with E-state index in [4.69, 9.17) is 0 Å². The van der Waals surface area contributed by atoms with Gasteiger partial charge >= 0.3 is 0 Å². The van der Waals surface area contributed by atoms with Crippen molar-refractivity contribution in [1.82, 2.24) is 20.1 Å². The monoisotopic (exact) mass is 232 g/mol. The van der Waals surface area contributed by atoms with Crippen LogP contribution in [-0.2, 0) is 6.54 Å². The van der Waals surface area contributed by atoms with Crippen molar-refractivity contribution >= 4 is 5.91 Å². The van der Waals surface area contributed by atoms with Gasteiger partial charge < -0.3 is 5.32 Å². The molecule has 0 radical (unpaired) electrons. The highest BCUT2D eigenvalue weighted by atomic mass is 16.2. The lowest BCUT2D eigenvalue weighted by molar-refractivity contribution is 0.0952. The van der Waals surface area contributed by atoms with Crippen molar-refractivity contribution in [3.63, 3.8) is 0 Å². The maximum atomic E-state index is 11.3. The van der Waals surface area contributed by atoms with E-state index in [1.54, 1.807) is 17.8 Å². The van der Waals surface area contributed by atoms with Crippen molar-refractivity contribution in [3.05, 3.63) is 48.6 Å². The second-order valence-corrected chi connectivity index (χ2v) is 3.32. The Kier molecular flexibility index (Phi) is 4.87. The van der Waals surface area contributed by atoms with Crippen LogP contribution in [0.5, 0.6) is 0 Å². The van der Waals surface area contributed by atoms with Gasteiger partial charge in [-0.3, -0.25) is 4.79 Å². The van der Waals surface area contributed by atoms with Gasteiger partial charge in [0, 0.05) is 7.05 Å². The summed E-state index contributed by atoms with van der Waals surface area (Å²) in [5.41, 5.74) is 0.997. The van der Waals surface area contributed by atoms with E-state index in [-0.39, 0.29) is 11.7 Å². The van der Waals surface area contributed by atoms with Gasteiger partial charge in [0.1, 0.15) is 6.33 Å². The number of carbonyl (C=O) groups excluding carboxylic acids is 1. The topological polar surface area (TPSA) is 59.8 Å². The number of hydrogen-bond donors (Lipinski definition) is 1. The number of amides is 1. The summed E-state index contributed by atoms with van der Waals surface area (Å²) in [6.45, 7) is 6.21. The Morgan fingerprint density at radius 3 is 3.00 bits per heavy atom. The first kappa shape index (κ1) is 12.9. The van der Waals surface area contributed by atoms with Gasteiger partial charge in [-0.2, -0.15) is 0 Å². The first-order valence-corrected chi connectivity index (χ1v) is 5.27. The molecule has 1 amide bonds. The second-order valence-electron chi connectivity index (χ2n) is 3.32. The van der Waals surface area contributed by atoms with Gasteiger partial charge in [-0.15, -0.1) is 5.10 Å². The first-order chi connectivity index (χ1) is 8.21. The summed E-state index contributed by atoms with van der Waals surface area (Å²) in [5.74, 6) is -0.122. The van der Waals surface area contributed by atoms with E-state index in [9.17, 15) is 4.79 Å². The number of hydrogen-bond acceptors (Lipinski definition) is 3. The quantitative estimate of drug-likeness (QED) is 0.779. The van der Waals surface area contributed by atoms with Crippen LogP contribution in [0.1, 0.15) is 17.5 Å². The van der Waals surface area contributed by atoms with Crippen molar-refractivity contribution in [2.75, 3.05) is 7.05 Å². The molecular weight excluding hydrogens is 216 g/mol. The Morgan fingerprint density at radius 1 is 1.65 bits per heavy atom. The molecule has 17 heavy (non-hydrogen) atoms. The lowest BCUT2D eigenvalue weighted by Crippen LogP contribution is -2.19. The van der Waals surface area contributed by atoms with Crippen LogP contribution in [-0.4, -0.2) is 27.7 Å². The summed E-state index contributed by atoms with van der Waals surface area (Å²) < 4.78 is 1.60. The normalized spacial score (nSPS) is 11.8. The molecule has 0 bridgehead atoms. The number of nitrogens with zero attached hydrogens (tertiary/aromatic N) is 3. The third-order valence-corrected chi connectivity index (χ3v) is 2.08. The minimum absolute atomic E-state index is 0.168. The molecule has 0 aromatic carbocycles. The lowest BCUT2D eigenvalue weighted by atomic mass is 10.2. The molecule has 0 aliphatic heterocycles. The molecule has 90 valence electrons. The summed E-state index contributed by atoms with van der Waals surface area (Å²) >= 11 is 0. The maximum absolute atomic E-state index is 11.3. The van der Waals surface area contributed by atoms with E-state index in [0.717, 1.165) is 5.57 Å². The van der Waals surface area contributed by atoms with E-state index < -0.39 is 0 Å². The van der Waals surface area contributed by atoms with E-state index in [0.29, 0.717) is 6.54 Å². The number of allylic oxidation sites excluding steroid dienone is 5. The Hall–Kier alpha value is -2.17. The van der Waals surface area contributed by atoms with Crippen molar-refractivity contribution in [2.24, 2.45) is 0 Å². The van der Waals surface area contributed by atoms with Gasteiger partial charge in [-0.05, 0) is 12.5 Å². The molecule has 0 spiro atoms. The summed E-state index contributed by atoms with van der Waals surface area (Å²) in [4.78, 5) is 15.2. The zero-order valence-electron chi connectivity index (χ0n) is 10.1. The molecule has 1 heterocycles. The number of nitrogens with one attached hydrogen (secondary N) is 1. The lowest BCUT2D eigenvalue weighted by Gasteiger charge is -2.00. The zero-order chi connectivity index (χ0) is 12.7. The molecule has 5 nitrogen and oxygen atoms in total. The maximum Gasteiger partial charge on any atom is 0.290 e. The fraction of sp³-hybridized carbons (Fsp3) is 0.250. The van der Waals surface area contributed by atoms with E-state index in [2.05, 4.69) is 22.0 Å². The highest BCUT2D eigenvalue weighted by molar-refractivity contribution is 5.89. The van der Waals surface area contributed by atoms with Crippen molar-refractivity contribution in [3.8, 4) is 0 Å². The summed E-state index contributed by atoms with van der Waals surface area (Å²) in [6.07, 6.45) is 9.07. The molecule has 0 aliphatic rings. The van der Waals surface area contributed by atoms with Crippen molar-refractivity contribution < 1.29 is 4.79 Å². The molecule has 1 aromatic rings. The Bertz CT molecular complexity index is 457. The van der Waals surface area contributed by atoms with Crippen LogP contribution >= 0.6 is 0 Å². The standard InChI is InChI=1S/C12H16N4O/c1-4-6-7-10(5-2)8-16-9-14-11(15-16)12(17)13-3/h4-7,9H,2,8H2,1,3H3,(H,13,17)/b6-4-,10-7+. The minimum Gasteiger partial charge on any atom is -0.352 e. The molecule has 0 saturated carbocycles. The molecule has 0 fully saturated rings. The van der Waals surface area contributed by atoms with Gasteiger partial charge in [-0.1, -0.05) is 30.9 Å². The third kappa shape index (κ3) is 3.71. The molecule has 1 N–H and O–H groups in total. The van der Waals surface area contributed by atoms with Gasteiger partial charge in [0.05, 0.1) is 6.54 Å². The summed E-state index contributed by atoms with van der Waals surface area (Å²) in [6, 6.07) is 0. The van der Waals surface area contributed by atoms with Crippen LogP contribution in [0, 0.1) is 0 Å². The van der Waals surface area contributed by atoms with Gasteiger partial charge in [-0.25, -0.2) is 9.67 Å². The predicted octanol–water partition coefficient (Wildman–Crippen LogP) is 1.33. The largest absolute Gasteiger partial charge is 0.352 e. The number of carbonyl (C=O) groups is 1. The molecule has 0 aliphatic carbocycles. The molecule has 1 rings (SSSR count). The Morgan fingerprint density at radius 2 is 2.41 bits per heavy atom. The molecular formula is C12H16N4O. The molecule has 0 saturated heterocycles. The van der Waals surface area contributed by atoms with Crippen LogP contribution in [0.2, 0.25) is 0 Å². The third-order valence-electron chi connectivity index (χ3n) is 2.08.